The summed E-state index contributed by atoms with van der Waals surface area (Å²) in [6.07, 6.45) is 1.50. The molecule has 144 valence electrons. The van der Waals surface area contributed by atoms with Gasteiger partial charge < -0.3 is 18.6 Å². The molecule has 0 bridgehead atoms. The highest BCUT2D eigenvalue weighted by atomic mass is 16.4. The number of nitrogens with one attached hydrogen (secondary N) is 1. The Balaban J connectivity index is 1.74. The molecule has 1 aromatic carbocycles. The van der Waals surface area contributed by atoms with Crippen molar-refractivity contribution in [2.75, 3.05) is 0 Å². The Hall–Kier alpha value is -3.28. The Bertz CT molecular complexity index is 1260. The molecule has 0 atom stereocenters. The summed E-state index contributed by atoms with van der Waals surface area (Å²) < 4.78 is 16.6. The molecule has 6 heteroatoms. The Morgan fingerprint density at radius 1 is 1.00 bits per heavy atom. The first kappa shape index (κ1) is 18.1. The van der Waals surface area contributed by atoms with Crippen LogP contribution in [-0.2, 0) is 17.8 Å². The minimum Gasteiger partial charge on any atom is -0.467 e. The zero-order valence-corrected chi connectivity index (χ0v) is 16.3. The van der Waals surface area contributed by atoms with Crippen LogP contribution in [-0.4, -0.2) is 5.91 Å². The van der Waals surface area contributed by atoms with Gasteiger partial charge in [0.2, 0.25) is 5.91 Å². The molecule has 28 heavy (non-hydrogen) atoms. The Kier molecular flexibility index (Phi) is 4.34. The molecule has 1 amide bonds. The van der Waals surface area contributed by atoms with Gasteiger partial charge in [-0.05, 0) is 57.0 Å². The molecule has 3 aromatic heterocycles. The lowest BCUT2D eigenvalue weighted by atomic mass is 9.99. The molecule has 0 unspecified atom stereocenters. The first-order valence-corrected chi connectivity index (χ1v) is 9.11. The summed E-state index contributed by atoms with van der Waals surface area (Å²) >= 11 is 0. The first-order chi connectivity index (χ1) is 13.4. The SMILES string of the molecule is Cc1oc2c(C)c3oc(=O)c(CC(=O)NCc4ccco4)c(C)c3cc2c1C. The van der Waals surface area contributed by atoms with Crippen LogP contribution < -0.4 is 10.9 Å². The summed E-state index contributed by atoms with van der Waals surface area (Å²) in [6.45, 7) is 7.92. The maximum Gasteiger partial charge on any atom is 0.340 e. The number of amides is 1. The van der Waals surface area contributed by atoms with E-state index in [2.05, 4.69) is 5.32 Å². The van der Waals surface area contributed by atoms with E-state index in [1.165, 1.54) is 0 Å². The van der Waals surface area contributed by atoms with Gasteiger partial charge >= 0.3 is 5.63 Å². The average molecular weight is 379 g/mol. The Morgan fingerprint density at radius 2 is 1.71 bits per heavy atom. The van der Waals surface area contributed by atoms with E-state index in [0.29, 0.717) is 16.9 Å². The fourth-order valence-corrected chi connectivity index (χ4v) is 3.52. The van der Waals surface area contributed by atoms with Crippen molar-refractivity contribution in [3.8, 4) is 0 Å². The monoisotopic (exact) mass is 379 g/mol. The van der Waals surface area contributed by atoms with Crippen LogP contribution in [0.15, 0.2) is 42.5 Å². The molecule has 0 saturated carbocycles. The van der Waals surface area contributed by atoms with E-state index in [0.717, 1.165) is 38.8 Å². The van der Waals surface area contributed by atoms with Gasteiger partial charge in [0.05, 0.1) is 24.8 Å². The number of benzene rings is 1. The van der Waals surface area contributed by atoms with Crippen molar-refractivity contribution >= 4 is 27.8 Å². The van der Waals surface area contributed by atoms with E-state index in [9.17, 15) is 9.59 Å². The third-order valence-corrected chi connectivity index (χ3v) is 5.32. The second-order valence-corrected chi connectivity index (χ2v) is 7.06. The Morgan fingerprint density at radius 3 is 2.43 bits per heavy atom. The maximum atomic E-state index is 12.6. The first-order valence-electron chi connectivity index (χ1n) is 9.11. The third kappa shape index (κ3) is 2.91. The fraction of sp³-hybridized carbons (Fsp3) is 0.273. The van der Waals surface area contributed by atoms with Crippen molar-refractivity contribution in [3.05, 3.63) is 68.7 Å². The molecule has 4 rings (SSSR count). The molecule has 3 heterocycles. The van der Waals surface area contributed by atoms with Crippen molar-refractivity contribution < 1.29 is 18.0 Å². The summed E-state index contributed by atoms with van der Waals surface area (Å²) in [4.78, 5) is 24.9. The van der Waals surface area contributed by atoms with E-state index in [1.807, 2.05) is 33.8 Å². The quantitative estimate of drug-likeness (QED) is 0.537. The topological polar surface area (TPSA) is 85.6 Å². The van der Waals surface area contributed by atoms with Crippen LogP contribution in [0.2, 0.25) is 0 Å². The molecule has 1 N–H and O–H groups in total. The number of rotatable bonds is 4. The lowest BCUT2D eigenvalue weighted by molar-refractivity contribution is -0.120. The number of fused-ring (bicyclic) bond motifs is 2. The lowest BCUT2D eigenvalue weighted by Crippen LogP contribution is -2.27. The van der Waals surface area contributed by atoms with Crippen molar-refractivity contribution in [1.82, 2.24) is 5.32 Å². The van der Waals surface area contributed by atoms with Gasteiger partial charge in [0.25, 0.3) is 0 Å². The average Bonchev–Trinajstić information content (AvgIpc) is 3.28. The van der Waals surface area contributed by atoms with Crippen LogP contribution in [0.1, 0.15) is 33.8 Å². The van der Waals surface area contributed by atoms with Crippen LogP contribution in [0, 0.1) is 27.7 Å². The third-order valence-electron chi connectivity index (χ3n) is 5.32. The second kappa shape index (κ2) is 6.71. The van der Waals surface area contributed by atoms with E-state index < -0.39 is 5.63 Å². The van der Waals surface area contributed by atoms with Crippen molar-refractivity contribution in [3.63, 3.8) is 0 Å². The largest absolute Gasteiger partial charge is 0.467 e. The van der Waals surface area contributed by atoms with Gasteiger partial charge in [0.1, 0.15) is 22.7 Å². The predicted molar refractivity (Wildman–Crippen MR) is 105 cm³/mol. The van der Waals surface area contributed by atoms with Gasteiger partial charge in [-0.2, -0.15) is 0 Å². The molecule has 0 fully saturated rings. The van der Waals surface area contributed by atoms with Gasteiger partial charge in [0, 0.05) is 16.3 Å². The second-order valence-electron chi connectivity index (χ2n) is 7.06. The van der Waals surface area contributed by atoms with E-state index in [1.54, 1.807) is 18.4 Å². The fourth-order valence-electron chi connectivity index (χ4n) is 3.52. The minimum atomic E-state index is -0.499. The molecular weight excluding hydrogens is 358 g/mol. The van der Waals surface area contributed by atoms with Gasteiger partial charge in [-0.15, -0.1) is 0 Å². The zero-order valence-electron chi connectivity index (χ0n) is 16.3. The normalized spacial score (nSPS) is 11.4. The number of aryl methyl sites for hydroxylation is 4. The van der Waals surface area contributed by atoms with E-state index in [4.69, 9.17) is 13.3 Å². The van der Waals surface area contributed by atoms with E-state index in [-0.39, 0.29) is 18.9 Å². The standard InChI is InChI=1S/C22H21NO5/c1-11-14(4)27-20-13(3)21-17(8-16(11)20)12(2)18(22(25)28-21)9-19(24)23-10-15-6-5-7-26-15/h5-8H,9-10H2,1-4H3,(H,23,24). The highest BCUT2D eigenvalue weighted by Gasteiger charge is 2.20. The number of carbonyl (C=O) groups is 1. The molecule has 0 aliphatic rings. The van der Waals surface area contributed by atoms with Crippen LogP contribution >= 0.6 is 0 Å². The van der Waals surface area contributed by atoms with Crippen LogP contribution in [0.3, 0.4) is 0 Å². The molecule has 4 aromatic rings. The predicted octanol–water partition coefficient (Wildman–Crippen LogP) is 4.22. The number of hydrogen-bond acceptors (Lipinski definition) is 5. The van der Waals surface area contributed by atoms with Gasteiger partial charge in [0.15, 0.2) is 0 Å². The lowest BCUT2D eigenvalue weighted by Gasteiger charge is -2.10. The minimum absolute atomic E-state index is 0.0503. The molecule has 6 nitrogen and oxygen atoms in total. The Labute approximate surface area is 161 Å². The summed E-state index contributed by atoms with van der Waals surface area (Å²) in [5.74, 6) is 1.23. The molecule has 0 radical (unpaired) electrons. The molecule has 0 aliphatic heterocycles. The summed E-state index contributed by atoms with van der Waals surface area (Å²) in [7, 11) is 0. The summed E-state index contributed by atoms with van der Waals surface area (Å²) in [5, 5.41) is 4.58. The molecular formula is C22H21NO5. The molecule has 0 spiro atoms. The number of hydrogen-bond donors (Lipinski definition) is 1. The number of furan rings is 2. The van der Waals surface area contributed by atoms with Crippen molar-refractivity contribution in [2.45, 2.75) is 40.7 Å². The molecule has 0 saturated heterocycles. The number of carbonyl (C=O) groups excluding carboxylic acids is 1. The van der Waals surface area contributed by atoms with Gasteiger partial charge in [-0.1, -0.05) is 0 Å². The smallest absolute Gasteiger partial charge is 0.340 e. The zero-order chi connectivity index (χ0) is 20.0. The summed E-state index contributed by atoms with van der Waals surface area (Å²) in [6, 6.07) is 5.51. The van der Waals surface area contributed by atoms with Crippen molar-refractivity contribution in [1.29, 1.82) is 0 Å². The van der Waals surface area contributed by atoms with Crippen LogP contribution in [0.5, 0.6) is 0 Å². The van der Waals surface area contributed by atoms with E-state index >= 15 is 0 Å². The molecule has 0 aliphatic carbocycles. The highest BCUT2D eigenvalue weighted by Crippen LogP contribution is 2.34. The van der Waals surface area contributed by atoms with Gasteiger partial charge in [-0.3, -0.25) is 4.79 Å². The summed E-state index contributed by atoms with van der Waals surface area (Å²) in [5.41, 5.74) is 3.70. The van der Waals surface area contributed by atoms with Crippen molar-refractivity contribution in [2.24, 2.45) is 0 Å². The van der Waals surface area contributed by atoms with Crippen LogP contribution in [0.25, 0.3) is 21.9 Å². The maximum absolute atomic E-state index is 12.6. The van der Waals surface area contributed by atoms with Crippen LogP contribution in [0.4, 0.5) is 0 Å². The highest BCUT2D eigenvalue weighted by molar-refractivity contribution is 6.00. The van der Waals surface area contributed by atoms with Gasteiger partial charge in [-0.25, -0.2) is 4.79 Å².